The summed E-state index contributed by atoms with van der Waals surface area (Å²) in [6.45, 7) is 4.46. The molecule has 2 N–H and O–H groups in total. The van der Waals surface area contributed by atoms with Gasteiger partial charge in [0.05, 0.1) is 11.1 Å². The van der Waals surface area contributed by atoms with Crippen molar-refractivity contribution in [1.29, 1.82) is 5.26 Å². The minimum atomic E-state index is -0.400. The van der Waals surface area contributed by atoms with Crippen LogP contribution < -0.4 is 5.32 Å². The molecule has 0 unspecified atom stereocenters. The highest BCUT2D eigenvalue weighted by Gasteiger charge is 2.24. The zero-order valence-corrected chi connectivity index (χ0v) is 13.0. The first-order valence-electron chi connectivity index (χ1n) is 7.39. The second-order valence-corrected chi connectivity index (χ2v) is 6.12. The fraction of sp³-hybridized carbons (Fsp3) is 0.222. The third kappa shape index (κ3) is 2.88. The van der Waals surface area contributed by atoms with E-state index < -0.39 is 5.41 Å². The Bertz CT molecular complexity index is 889. The second-order valence-electron chi connectivity index (χ2n) is 6.12. The van der Waals surface area contributed by atoms with E-state index in [0.29, 0.717) is 29.1 Å². The van der Waals surface area contributed by atoms with E-state index in [0.717, 1.165) is 5.52 Å². The Hall–Kier alpha value is -2.87. The maximum Gasteiger partial charge on any atom is 0.201 e. The van der Waals surface area contributed by atoms with Crippen LogP contribution in [-0.2, 0) is 5.41 Å². The Balaban J connectivity index is 1.83. The number of nitrogens with one attached hydrogen (secondary N) is 2. The predicted molar refractivity (Wildman–Crippen MR) is 88.7 cm³/mol. The Morgan fingerprint density at radius 2 is 2.00 bits per heavy atom. The number of H-pyrrole nitrogens is 1. The molecule has 3 aromatic rings. The molecule has 4 nitrogen and oxygen atoms in total. The largest absolute Gasteiger partial charge is 0.355 e. The number of aromatic amines is 1. The van der Waals surface area contributed by atoms with Crippen molar-refractivity contribution in [2.24, 2.45) is 0 Å². The maximum absolute atomic E-state index is 14.0. The highest BCUT2D eigenvalue weighted by atomic mass is 19.1. The number of halogens is 1. The van der Waals surface area contributed by atoms with Crippen molar-refractivity contribution in [2.75, 3.05) is 11.9 Å². The van der Waals surface area contributed by atoms with Gasteiger partial charge in [-0.15, -0.1) is 0 Å². The lowest BCUT2D eigenvalue weighted by Gasteiger charge is -2.25. The molecule has 23 heavy (non-hydrogen) atoms. The highest BCUT2D eigenvalue weighted by Crippen LogP contribution is 2.26. The van der Waals surface area contributed by atoms with Gasteiger partial charge in [-0.1, -0.05) is 38.1 Å². The molecule has 0 bridgehead atoms. The van der Waals surface area contributed by atoms with Crippen LogP contribution in [0.15, 0.2) is 42.5 Å². The topological polar surface area (TPSA) is 64.5 Å². The van der Waals surface area contributed by atoms with Crippen molar-refractivity contribution in [3.05, 3.63) is 59.4 Å². The number of para-hydroxylation sites is 1. The lowest BCUT2D eigenvalue weighted by atomic mass is 9.84. The van der Waals surface area contributed by atoms with Gasteiger partial charge in [-0.05, 0) is 23.8 Å². The van der Waals surface area contributed by atoms with Gasteiger partial charge in [0.15, 0.2) is 0 Å². The number of benzene rings is 2. The number of anilines is 1. The smallest absolute Gasteiger partial charge is 0.201 e. The number of hydrogen-bond acceptors (Lipinski definition) is 3. The van der Waals surface area contributed by atoms with Gasteiger partial charge in [-0.25, -0.2) is 9.37 Å². The Labute approximate surface area is 134 Å². The number of nitriles is 1. The first kappa shape index (κ1) is 15.0. The van der Waals surface area contributed by atoms with Gasteiger partial charge >= 0.3 is 0 Å². The number of hydrogen-bond donors (Lipinski definition) is 2. The van der Waals surface area contributed by atoms with Gasteiger partial charge in [-0.2, -0.15) is 5.26 Å². The Morgan fingerprint density at radius 3 is 2.74 bits per heavy atom. The molecule has 0 saturated carbocycles. The summed E-state index contributed by atoms with van der Waals surface area (Å²) in [5, 5.41) is 12.3. The van der Waals surface area contributed by atoms with Crippen molar-refractivity contribution < 1.29 is 4.39 Å². The first-order chi connectivity index (χ1) is 11.0. The van der Waals surface area contributed by atoms with Gasteiger partial charge in [0, 0.05) is 12.0 Å². The summed E-state index contributed by atoms with van der Waals surface area (Å²) >= 11 is 0. The lowest BCUT2D eigenvalue weighted by Crippen LogP contribution is -2.29. The molecular weight excluding hydrogens is 291 g/mol. The minimum absolute atomic E-state index is 0.212. The van der Waals surface area contributed by atoms with E-state index in [9.17, 15) is 4.39 Å². The van der Waals surface area contributed by atoms with Gasteiger partial charge in [0.2, 0.25) is 5.95 Å². The molecule has 0 amide bonds. The summed E-state index contributed by atoms with van der Waals surface area (Å²) in [6.07, 6.45) is 0. The van der Waals surface area contributed by atoms with Crippen LogP contribution in [0.3, 0.4) is 0 Å². The van der Waals surface area contributed by atoms with Crippen LogP contribution in [0.5, 0.6) is 0 Å². The highest BCUT2D eigenvalue weighted by molar-refractivity contribution is 5.83. The SMILES string of the molecule is CC(C)(CNc1nc2c(C#N)cccc2[nH]1)c1ccccc1F. The van der Waals surface area contributed by atoms with E-state index in [1.165, 1.54) is 6.07 Å². The summed E-state index contributed by atoms with van der Waals surface area (Å²) in [5.41, 5.74) is 2.22. The van der Waals surface area contributed by atoms with Gasteiger partial charge < -0.3 is 10.3 Å². The zero-order valence-electron chi connectivity index (χ0n) is 13.0. The Morgan fingerprint density at radius 1 is 1.22 bits per heavy atom. The molecule has 2 aromatic carbocycles. The van der Waals surface area contributed by atoms with Crippen molar-refractivity contribution in [2.45, 2.75) is 19.3 Å². The van der Waals surface area contributed by atoms with Gasteiger partial charge in [-0.3, -0.25) is 0 Å². The normalized spacial score (nSPS) is 11.4. The van der Waals surface area contributed by atoms with Crippen LogP contribution >= 0.6 is 0 Å². The summed E-state index contributed by atoms with van der Waals surface area (Å²) in [7, 11) is 0. The van der Waals surface area contributed by atoms with E-state index in [4.69, 9.17) is 5.26 Å². The number of rotatable bonds is 4. The monoisotopic (exact) mass is 308 g/mol. The molecule has 0 aliphatic carbocycles. The van der Waals surface area contributed by atoms with Crippen LogP contribution in [-0.4, -0.2) is 16.5 Å². The predicted octanol–water partition coefficient (Wildman–Crippen LogP) is 3.96. The van der Waals surface area contributed by atoms with Crippen LogP contribution in [0.1, 0.15) is 25.0 Å². The van der Waals surface area contributed by atoms with Gasteiger partial charge in [0.25, 0.3) is 0 Å². The molecule has 0 aliphatic rings. The van der Waals surface area contributed by atoms with Crippen molar-refractivity contribution in [3.63, 3.8) is 0 Å². The van der Waals surface area contributed by atoms with E-state index in [1.54, 1.807) is 18.2 Å². The first-order valence-corrected chi connectivity index (χ1v) is 7.39. The Kier molecular flexibility index (Phi) is 3.75. The van der Waals surface area contributed by atoms with Gasteiger partial charge in [0.1, 0.15) is 17.4 Å². The standard InChI is InChI=1S/C18H17FN4/c1-18(2,13-7-3-4-8-14(13)19)11-21-17-22-15-9-5-6-12(10-20)16(15)23-17/h3-9H,11H2,1-2H3,(H2,21,22,23). The summed E-state index contributed by atoms with van der Waals surface area (Å²) < 4.78 is 14.0. The van der Waals surface area contributed by atoms with E-state index in [-0.39, 0.29) is 5.82 Å². The third-order valence-electron chi connectivity index (χ3n) is 3.93. The summed E-state index contributed by atoms with van der Waals surface area (Å²) in [6, 6.07) is 14.3. The molecular formula is C18H17FN4. The maximum atomic E-state index is 14.0. The molecule has 0 saturated heterocycles. The fourth-order valence-electron chi connectivity index (χ4n) is 2.62. The number of aromatic nitrogens is 2. The molecule has 116 valence electrons. The summed E-state index contributed by atoms with van der Waals surface area (Å²) in [4.78, 5) is 7.56. The third-order valence-corrected chi connectivity index (χ3v) is 3.93. The molecule has 0 atom stereocenters. The molecule has 0 aliphatic heterocycles. The van der Waals surface area contributed by atoms with Crippen LogP contribution in [0.2, 0.25) is 0 Å². The number of imidazole rings is 1. The average Bonchev–Trinajstić information content (AvgIpc) is 2.96. The molecule has 1 aromatic heterocycles. The van der Waals surface area contributed by atoms with E-state index in [1.807, 2.05) is 32.0 Å². The number of nitrogens with zero attached hydrogens (tertiary/aromatic N) is 2. The van der Waals surface area contributed by atoms with Crippen LogP contribution in [0.4, 0.5) is 10.3 Å². The summed E-state index contributed by atoms with van der Waals surface area (Å²) in [5.74, 6) is 0.364. The average molecular weight is 308 g/mol. The van der Waals surface area contributed by atoms with E-state index in [2.05, 4.69) is 21.4 Å². The number of fused-ring (bicyclic) bond motifs is 1. The van der Waals surface area contributed by atoms with Crippen molar-refractivity contribution in [3.8, 4) is 6.07 Å². The van der Waals surface area contributed by atoms with Crippen molar-refractivity contribution in [1.82, 2.24) is 9.97 Å². The van der Waals surface area contributed by atoms with Crippen molar-refractivity contribution >= 4 is 17.0 Å². The molecule has 1 heterocycles. The second kappa shape index (κ2) is 5.73. The lowest BCUT2D eigenvalue weighted by molar-refractivity contribution is 0.503. The quantitative estimate of drug-likeness (QED) is 0.766. The molecule has 3 rings (SSSR count). The van der Waals surface area contributed by atoms with Crippen LogP contribution in [0, 0.1) is 17.1 Å². The fourth-order valence-corrected chi connectivity index (χ4v) is 2.62. The minimum Gasteiger partial charge on any atom is -0.355 e. The molecule has 0 spiro atoms. The zero-order chi connectivity index (χ0) is 16.4. The van der Waals surface area contributed by atoms with Crippen LogP contribution in [0.25, 0.3) is 11.0 Å². The molecule has 0 fully saturated rings. The van der Waals surface area contributed by atoms with E-state index >= 15 is 0 Å². The molecule has 5 heteroatoms. The molecule has 0 radical (unpaired) electrons.